The Labute approximate surface area is 128 Å². The predicted octanol–water partition coefficient (Wildman–Crippen LogP) is 1.56. The fourth-order valence-corrected chi connectivity index (χ4v) is 3.34. The molecule has 0 atom stereocenters. The Bertz CT molecular complexity index is 639. The fraction of sp³-hybridized carbons (Fsp3) is 0.462. The number of hydrogen-bond donors (Lipinski definition) is 0. The van der Waals surface area contributed by atoms with Crippen molar-refractivity contribution in [3.63, 3.8) is 0 Å². The van der Waals surface area contributed by atoms with Gasteiger partial charge in [-0.25, -0.2) is 8.42 Å². The van der Waals surface area contributed by atoms with Gasteiger partial charge in [0, 0.05) is 18.2 Å². The maximum atomic E-state index is 12.5. The van der Waals surface area contributed by atoms with E-state index in [9.17, 15) is 23.3 Å². The lowest BCUT2D eigenvalue weighted by Crippen LogP contribution is -2.41. The number of hydrogen-bond acceptors (Lipinski definition) is 6. The zero-order valence-corrected chi connectivity index (χ0v) is 13.4. The summed E-state index contributed by atoms with van der Waals surface area (Å²) < 4.78 is 30.8. The average molecular weight is 330 g/mol. The number of non-ortho nitro benzene ring substituents is 1. The van der Waals surface area contributed by atoms with E-state index in [0.29, 0.717) is 0 Å². The molecule has 1 rings (SSSR count). The van der Waals surface area contributed by atoms with Crippen LogP contribution in [0.4, 0.5) is 5.69 Å². The summed E-state index contributed by atoms with van der Waals surface area (Å²) in [6.07, 6.45) is 0. The van der Waals surface area contributed by atoms with Crippen molar-refractivity contribution in [3.05, 3.63) is 34.4 Å². The van der Waals surface area contributed by atoms with Crippen LogP contribution in [-0.2, 0) is 19.6 Å². The van der Waals surface area contributed by atoms with E-state index in [-0.39, 0.29) is 17.2 Å². The second-order valence-corrected chi connectivity index (χ2v) is 6.59. The highest BCUT2D eigenvalue weighted by Crippen LogP contribution is 2.21. The molecule has 122 valence electrons. The number of esters is 1. The van der Waals surface area contributed by atoms with Gasteiger partial charge < -0.3 is 4.74 Å². The minimum Gasteiger partial charge on any atom is -0.465 e. The zero-order chi connectivity index (χ0) is 16.9. The van der Waals surface area contributed by atoms with Crippen LogP contribution in [0.25, 0.3) is 0 Å². The van der Waals surface area contributed by atoms with Gasteiger partial charge in [0.1, 0.15) is 6.54 Å². The van der Waals surface area contributed by atoms with Gasteiger partial charge in [0.05, 0.1) is 16.4 Å². The van der Waals surface area contributed by atoms with Gasteiger partial charge in [0.15, 0.2) is 0 Å². The molecule has 1 aromatic rings. The number of nitrogens with zero attached hydrogens (tertiary/aromatic N) is 2. The molecule has 0 heterocycles. The molecule has 0 aliphatic heterocycles. The molecule has 0 radical (unpaired) electrons. The van der Waals surface area contributed by atoms with Crippen LogP contribution in [0.1, 0.15) is 20.8 Å². The summed E-state index contributed by atoms with van der Waals surface area (Å²) in [6, 6.07) is 4.04. The van der Waals surface area contributed by atoms with Crippen molar-refractivity contribution in [1.82, 2.24) is 4.31 Å². The van der Waals surface area contributed by atoms with Crippen LogP contribution in [0.15, 0.2) is 29.2 Å². The Balaban J connectivity index is 3.11. The first-order valence-electron chi connectivity index (χ1n) is 6.62. The molecule has 0 amide bonds. The van der Waals surface area contributed by atoms with E-state index in [1.807, 2.05) is 0 Å². The van der Waals surface area contributed by atoms with Crippen LogP contribution in [-0.4, -0.2) is 42.8 Å². The van der Waals surface area contributed by atoms with E-state index in [0.717, 1.165) is 28.6 Å². The van der Waals surface area contributed by atoms with Gasteiger partial charge in [-0.05, 0) is 32.9 Å². The minimum absolute atomic E-state index is 0.115. The van der Waals surface area contributed by atoms with Gasteiger partial charge in [0.2, 0.25) is 10.0 Å². The van der Waals surface area contributed by atoms with E-state index < -0.39 is 33.5 Å². The summed E-state index contributed by atoms with van der Waals surface area (Å²) in [5.41, 5.74) is -0.208. The molecule has 22 heavy (non-hydrogen) atoms. The monoisotopic (exact) mass is 330 g/mol. The maximum Gasteiger partial charge on any atom is 0.321 e. The van der Waals surface area contributed by atoms with Crippen molar-refractivity contribution in [2.24, 2.45) is 0 Å². The SMILES string of the molecule is CCOC(=O)CN(C(C)C)S(=O)(=O)c1ccc([N+](=O)[O-])cc1. The van der Waals surface area contributed by atoms with Gasteiger partial charge in [-0.2, -0.15) is 4.31 Å². The Morgan fingerprint density at radius 3 is 2.27 bits per heavy atom. The molecular weight excluding hydrogens is 312 g/mol. The molecule has 0 fully saturated rings. The molecule has 8 nitrogen and oxygen atoms in total. The van der Waals surface area contributed by atoms with Crippen LogP contribution in [0.5, 0.6) is 0 Å². The van der Waals surface area contributed by atoms with Gasteiger partial charge in [-0.1, -0.05) is 0 Å². The average Bonchev–Trinajstić information content (AvgIpc) is 2.44. The molecule has 0 unspecified atom stereocenters. The van der Waals surface area contributed by atoms with Crippen molar-refractivity contribution in [3.8, 4) is 0 Å². The van der Waals surface area contributed by atoms with Gasteiger partial charge in [-0.15, -0.1) is 0 Å². The smallest absolute Gasteiger partial charge is 0.321 e. The minimum atomic E-state index is -3.95. The highest BCUT2D eigenvalue weighted by atomic mass is 32.2. The lowest BCUT2D eigenvalue weighted by Gasteiger charge is -2.24. The Kier molecular flexibility index (Phi) is 6.01. The topological polar surface area (TPSA) is 107 Å². The van der Waals surface area contributed by atoms with Crippen molar-refractivity contribution in [1.29, 1.82) is 0 Å². The third-order valence-corrected chi connectivity index (χ3v) is 4.86. The Morgan fingerprint density at radius 1 is 1.32 bits per heavy atom. The number of sulfonamides is 1. The van der Waals surface area contributed by atoms with Gasteiger partial charge in [-0.3, -0.25) is 14.9 Å². The van der Waals surface area contributed by atoms with Gasteiger partial charge >= 0.3 is 5.97 Å². The quantitative estimate of drug-likeness (QED) is 0.426. The van der Waals surface area contributed by atoms with E-state index in [1.54, 1.807) is 20.8 Å². The standard InChI is InChI=1S/C13H18N2O6S/c1-4-21-13(16)9-14(10(2)3)22(19,20)12-7-5-11(6-8-12)15(17)18/h5-8,10H,4,9H2,1-3H3. The number of nitro groups is 1. The van der Waals surface area contributed by atoms with Crippen molar-refractivity contribution in [2.45, 2.75) is 31.7 Å². The summed E-state index contributed by atoms with van der Waals surface area (Å²) in [5.74, 6) is -0.651. The highest BCUT2D eigenvalue weighted by Gasteiger charge is 2.29. The maximum absolute atomic E-state index is 12.5. The molecule has 9 heteroatoms. The van der Waals surface area contributed by atoms with Crippen LogP contribution in [0.2, 0.25) is 0 Å². The number of rotatable bonds is 7. The molecule has 0 spiro atoms. The van der Waals surface area contributed by atoms with E-state index in [4.69, 9.17) is 4.74 Å². The summed E-state index contributed by atoms with van der Waals surface area (Å²) in [6.45, 7) is 4.62. The zero-order valence-electron chi connectivity index (χ0n) is 12.6. The summed E-state index contributed by atoms with van der Waals surface area (Å²) in [5, 5.41) is 10.6. The van der Waals surface area contributed by atoms with Crippen LogP contribution in [0.3, 0.4) is 0 Å². The molecule has 0 aliphatic rings. The molecule has 0 aliphatic carbocycles. The van der Waals surface area contributed by atoms with Gasteiger partial charge in [0.25, 0.3) is 5.69 Å². The molecule has 0 bridgehead atoms. The molecular formula is C13H18N2O6S. The predicted molar refractivity (Wildman–Crippen MR) is 78.8 cm³/mol. The van der Waals surface area contributed by atoms with Crippen LogP contribution >= 0.6 is 0 Å². The van der Waals surface area contributed by atoms with Crippen molar-refractivity contribution >= 4 is 21.7 Å². The normalized spacial score (nSPS) is 11.7. The Hall–Kier alpha value is -2.00. The summed E-state index contributed by atoms with van der Waals surface area (Å²) in [7, 11) is -3.95. The fourth-order valence-electron chi connectivity index (χ4n) is 1.75. The van der Waals surface area contributed by atoms with Crippen molar-refractivity contribution < 1.29 is 22.9 Å². The van der Waals surface area contributed by atoms with Crippen molar-refractivity contribution in [2.75, 3.05) is 13.2 Å². The van der Waals surface area contributed by atoms with E-state index in [2.05, 4.69) is 0 Å². The van der Waals surface area contributed by atoms with Crippen LogP contribution < -0.4 is 0 Å². The first-order chi connectivity index (χ1) is 10.2. The third-order valence-electron chi connectivity index (χ3n) is 2.82. The lowest BCUT2D eigenvalue weighted by molar-refractivity contribution is -0.384. The van der Waals surface area contributed by atoms with Crippen LogP contribution in [0, 0.1) is 10.1 Å². The number of nitro benzene ring substituents is 1. The first kappa shape index (κ1) is 18.1. The molecule has 0 saturated carbocycles. The third kappa shape index (κ3) is 4.25. The van der Waals surface area contributed by atoms with E-state index in [1.165, 1.54) is 0 Å². The number of carbonyl (C=O) groups is 1. The second kappa shape index (κ2) is 7.32. The first-order valence-corrected chi connectivity index (χ1v) is 8.06. The molecule has 0 aromatic heterocycles. The van der Waals surface area contributed by atoms with E-state index >= 15 is 0 Å². The number of benzene rings is 1. The number of ether oxygens (including phenoxy) is 1. The highest BCUT2D eigenvalue weighted by molar-refractivity contribution is 7.89. The second-order valence-electron chi connectivity index (χ2n) is 4.70. The number of carbonyl (C=O) groups excluding carboxylic acids is 1. The Morgan fingerprint density at radius 2 is 1.86 bits per heavy atom. The summed E-state index contributed by atoms with van der Waals surface area (Å²) in [4.78, 5) is 21.4. The molecule has 0 saturated heterocycles. The summed E-state index contributed by atoms with van der Waals surface area (Å²) >= 11 is 0. The largest absolute Gasteiger partial charge is 0.465 e. The molecule has 1 aromatic carbocycles. The molecule has 0 N–H and O–H groups in total. The lowest BCUT2D eigenvalue weighted by atomic mass is 10.3.